The Morgan fingerprint density at radius 3 is 2.74 bits per heavy atom. The summed E-state index contributed by atoms with van der Waals surface area (Å²) in [7, 11) is 0. The SMILES string of the molecule is Cc1ccc(F)c(Nc2cc(C(N)=S)ccn2)c1F. The summed E-state index contributed by atoms with van der Waals surface area (Å²) in [6.07, 6.45) is 1.46. The Bertz CT molecular complexity index is 644. The molecule has 0 radical (unpaired) electrons. The largest absolute Gasteiger partial charge is 0.389 e. The van der Waals surface area contributed by atoms with E-state index in [1.807, 2.05) is 0 Å². The second-order valence-electron chi connectivity index (χ2n) is 3.97. The van der Waals surface area contributed by atoms with Crippen molar-refractivity contribution in [3.8, 4) is 0 Å². The third kappa shape index (κ3) is 2.85. The van der Waals surface area contributed by atoms with Crippen LogP contribution in [0.25, 0.3) is 0 Å². The molecule has 0 atom stereocenters. The molecule has 3 nitrogen and oxygen atoms in total. The smallest absolute Gasteiger partial charge is 0.152 e. The minimum atomic E-state index is -0.689. The van der Waals surface area contributed by atoms with Gasteiger partial charge in [-0.25, -0.2) is 13.8 Å². The minimum Gasteiger partial charge on any atom is -0.389 e. The third-order valence-corrected chi connectivity index (χ3v) is 2.82. The first kappa shape index (κ1) is 13.4. The summed E-state index contributed by atoms with van der Waals surface area (Å²) < 4.78 is 27.4. The van der Waals surface area contributed by atoms with Crippen LogP contribution in [0.5, 0.6) is 0 Å². The zero-order chi connectivity index (χ0) is 14.0. The van der Waals surface area contributed by atoms with Gasteiger partial charge in [-0.15, -0.1) is 0 Å². The fourth-order valence-electron chi connectivity index (χ4n) is 1.55. The molecule has 1 heterocycles. The summed E-state index contributed by atoms with van der Waals surface area (Å²) in [5.74, 6) is -1.07. The standard InChI is InChI=1S/C13H11F2N3S/c1-7-2-3-9(14)12(11(7)15)18-10-6-8(13(16)19)4-5-17-10/h2-6H,1H3,(H2,16,19)(H,17,18). The highest BCUT2D eigenvalue weighted by atomic mass is 32.1. The molecule has 0 fully saturated rings. The van der Waals surface area contributed by atoms with Gasteiger partial charge in [-0.05, 0) is 30.7 Å². The van der Waals surface area contributed by atoms with E-state index in [4.69, 9.17) is 18.0 Å². The summed E-state index contributed by atoms with van der Waals surface area (Å²) in [5, 5.41) is 2.60. The quantitative estimate of drug-likeness (QED) is 0.848. The molecular formula is C13H11F2N3S. The maximum atomic E-state index is 13.8. The predicted octanol–water partition coefficient (Wildman–Crippen LogP) is 3.05. The second kappa shape index (κ2) is 5.27. The molecule has 0 aliphatic rings. The van der Waals surface area contributed by atoms with Crippen molar-refractivity contribution < 1.29 is 8.78 Å². The van der Waals surface area contributed by atoms with Crippen molar-refractivity contribution in [3.05, 3.63) is 53.2 Å². The molecule has 6 heteroatoms. The average molecular weight is 279 g/mol. The first-order valence-corrected chi connectivity index (χ1v) is 5.87. The highest BCUT2D eigenvalue weighted by Crippen LogP contribution is 2.24. The van der Waals surface area contributed by atoms with E-state index < -0.39 is 11.6 Å². The lowest BCUT2D eigenvalue weighted by atomic mass is 10.2. The molecule has 0 aliphatic heterocycles. The maximum absolute atomic E-state index is 13.8. The van der Waals surface area contributed by atoms with Gasteiger partial charge in [-0.3, -0.25) is 0 Å². The molecule has 1 aromatic heterocycles. The van der Waals surface area contributed by atoms with Crippen LogP contribution in [-0.4, -0.2) is 9.97 Å². The van der Waals surface area contributed by atoms with Crippen molar-refractivity contribution in [2.75, 3.05) is 5.32 Å². The number of pyridine rings is 1. The molecule has 0 unspecified atom stereocenters. The van der Waals surface area contributed by atoms with Crippen molar-refractivity contribution in [3.63, 3.8) is 0 Å². The van der Waals surface area contributed by atoms with Crippen molar-refractivity contribution in [1.82, 2.24) is 4.98 Å². The number of halogens is 2. The molecule has 0 amide bonds. The van der Waals surface area contributed by atoms with Gasteiger partial charge in [0.25, 0.3) is 0 Å². The number of hydrogen-bond donors (Lipinski definition) is 2. The van der Waals surface area contributed by atoms with E-state index in [0.717, 1.165) is 0 Å². The number of hydrogen-bond acceptors (Lipinski definition) is 3. The lowest BCUT2D eigenvalue weighted by molar-refractivity contribution is 0.584. The fraction of sp³-hybridized carbons (Fsp3) is 0.0769. The summed E-state index contributed by atoms with van der Waals surface area (Å²) >= 11 is 4.83. The van der Waals surface area contributed by atoms with E-state index in [1.54, 1.807) is 13.0 Å². The highest BCUT2D eigenvalue weighted by Gasteiger charge is 2.12. The van der Waals surface area contributed by atoms with Crippen LogP contribution in [0.3, 0.4) is 0 Å². The first-order valence-electron chi connectivity index (χ1n) is 5.46. The van der Waals surface area contributed by atoms with E-state index in [-0.39, 0.29) is 16.5 Å². The van der Waals surface area contributed by atoms with Crippen molar-refractivity contribution in [1.29, 1.82) is 0 Å². The van der Waals surface area contributed by atoms with E-state index in [0.29, 0.717) is 11.1 Å². The Labute approximate surface area is 114 Å². The maximum Gasteiger partial charge on any atom is 0.152 e. The van der Waals surface area contributed by atoms with E-state index in [9.17, 15) is 8.78 Å². The van der Waals surface area contributed by atoms with Crippen LogP contribution < -0.4 is 11.1 Å². The number of nitrogens with two attached hydrogens (primary N) is 1. The summed E-state index contributed by atoms with van der Waals surface area (Å²) in [4.78, 5) is 4.16. The van der Waals surface area contributed by atoms with Gasteiger partial charge in [-0.2, -0.15) is 0 Å². The van der Waals surface area contributed by atoms with Crippen LogP contribution in [0, 0.1) is 18.6 Å². The van der Waals surface area contributed by atoms with Crippen molar-refractivity contribution in [2.24, 2.45) is 5.73 Å². The normalized spacial score (nSPS) is 10.3. The zero-order valence-corrected chi connectivity index (χ0v) is 10.9. The van der Waals surface area contributed by atoms with Crippen molar-refractivity contribution in [2.45, 2.75) is 6.92 Å². The molecule has 0 saturated heterocycles. The summed E-state index contributed by atoms with van der Waals surface area (Å²) in [6.45, 7) is 1.55. The van der Waals surface area contributed by atoms with Gasteiger partial charge in [0, 0.05) is 11.8 Å². The zero-order valence-electron chi connectivity index (χ0n) is 10.1. The molecule has 0 bridgehead atoms. The van der Waals surface area contributed by atoms with Crippen LogP contribution >= 0.6 is 12.2 Å². The molecule has 3 N–H and O–H groups in total. The summed E-state index contributed by atoms with van der Waals surface area (Å²) in [5.41, 5.74) is 6.16. The van der Waals surface area contributed by atoms with Crippen molar-refractivity contribution >= 4 is 28.7 Å². The number of nitrogens with zero attached hydrogens (tertiary/aromatic N) is 1. The van der Waals surface area contributed by atoms with Gasteiger partial charge in [0.2, 0.25) is 0 Å². The Balaban J connectivity index is 2.39. The molecule has 2 rings (SSSR count). The van der Waals surface area contributed by atoms with E-state index >= 15 is 0 Å². The Hall–Kier alpha value is -2.08. The molecule has 0 saturated carbocycles. The number of aromatic nitrogens is 1. The molecule has 0 spiro atoms. The lowest BCUT2D eigenvalue weighted by Gasteiger charge is -2.10. The molecule has 98 valence electrons. The predicted molar refractivity (Wildman–Crippen MR) is 74.5 cm³/mol. The van der Waals surface area contributed by atoms with Crippen LogP contribution in [0.1, 0.15) is 11.1 Å². The number of benzene rings is 1. The van der Waals surface area contributed by atoms with Crippen LogP contribution in [0.15, 0.2) is 30.5 Å². The average Bonchev–Trinajstić information content (AvgIpc) is 2.39. The van der Waals surface area contributed by atoms with Gasteiger partial charge in [0.15, 0.2) is 5.82 Å². The number of thiocarbonyl (C=S) groups is 1. The number of rotatable bonds is 3. The van der Waals surface area contributed by atoms with Crippen LogP contribution in [-0.2, 0) is 0 Å². The minimum absolute atomic E-state index is 0.190. The molecule has 2 aromatic rings. The molecule has 0 aliphatic carbocycles. The molecule has 1 aromatic carbocycles. The van der Waals surface area contributed by atoms with Crippen LogP contribution in [0.2, 0.25) is 0 Å². The Kier molecular flexibility index (Phi) is 3.71. The fourth-order valence-corrected chi connectivity index (χ4v) is 1.68. The van der Waals surface area contributed by atoms with Gasteiger partial charge < -0.3 is 11.1 Å². The highest BCUT2D eigenvalue weighted by molar-refractivity contribution is 7.80. The van der Waals surface area contributed by atoms with Gasteiger partial charge >= 0.3 is 0 Å². The third-order valence-electron chi connectivity index (χ3n) is 2.58. The Morgan fingerprint density at radius 2 is 2.05 bits per heavy atom. The van der Waals surface area contributed by atoms with Gasteiger partial charge in [0.05, 0.1) is 0 Å². The number of aryl methyl sites for hydroxylation is 1. The van der Waals surface area contributed by atoms with Crippen LogP contribution in [0.4, 0.5) is 20.3 Å². The second-order valence-corrected chi connectivity index (χ2v) is 4.41. The number of anilines is 2. The molecular weight excluding hydrogens is 268 g/mol. The van der Waals surface area contributed by atoms with E-state index in [2.05, 4.69) is 10.3 Å². The summed E-state index contributed by atoms with van der Waals surface area (Å²) in [6, 6.07) is 5.72. The van der Waals surface area contributed by atoms with Gasteiger partial charge in [0.1, 0.15) is 22.3 Å². The monoisotopic (exact) mass is 279 g/mol. The van der Waals surface area contributed by atoms with Gasteiger partial charge in [-0.1, -0.05) is 18.3 Å². The Morgan fingerprint density at radius 1 is 1.32 bits per heavy atom. The van der Waals surface area contributed by atoms with E-state index in [1.165, 1.54) is 24.4 Å². The topological polar surface area (TPSA) is 50.9 Å². The molecule has 19 heavy (non-hydrogen) atoms. The number of nitrogens with one attached hydrogen (secondary N) is 1. The first-order chi connectivity index (χ1) is 8.99. The lowest BCUT2D eigenvalue weighted by Crippen LogP contribution is -2.10.